The van der Waals surface area contributed by atoms with Gasteiger partial charge in [-0.2, -0.15) is 0 Å². The second-order valence-electron chi connectivity index (χ2n) is 4.89. The van der Waals surface area contributed by atoms with Gasteiger partial charge in [-0.3, -0.25) is 9.59 Å². The number of carbonyl (C=O) groups is 2. The molecule has 0 radical (unpaired) electrons. The number of hydrogen-bond donors (Lipinski definition) is 3. The van der Waals surface area contributed by atoms with Gasteiger partial charge in [0, 0.05) is 11.0 Å². The van der Waals surface area contributed by atoms with Gasteiger partial charge in [0.25, 0.3) is 0 Å². The predicted octanol–water partition coefficient (Wildman–Crippen LogP) is 1.59. The first-order valence-corrected chi connectivity index (χ1v) is 7.24. The van der Waals surface area contributed by atoms with Crippen molar-refractivity contribution in [2.24, 2.45) is 11.7 Å². The van der Waals surface area contributed by atoms with E-state index in [1.807, 2.05) is 38.1 Å². The van der Waals surface area contributed by atoms with Gasteiger partial charge in [0.2, 0.25) is 11.8 Å². The van der Waals surface area contributed by atoms with E-state index in [9.17, 15) is 9.59 Å². The van der Waals surface area contributed by atoms with Crippen molar-refractivity contribution in [2.45, 2.75) is 26.4 Å². The third-order valence-corrected chi connectivity index (χ3v) is 3.32. The lowest BCUT2D eigenvalue weighted by Crippen LogP contribution is -2.47. The molecule has 1 aromatic carbocycles. The Morgan fingerprint density at radius 1 is 1.29 bits per heavy atom. The van der Waals surface area contributed by atoms with Gasteiger partial charge in [-0.1, -0.05) is 41.9 Å². The summed E-state index contributed by atoms with van der Waals surface area (Å²) in [7, 11) is 0. The average molecular weight is 379 g/mol. The highest BCUT2D eigenvalue weighted by Crippen LogP contribution is 2.11. The molecular weight excluding hydrogens is 358 g/mol. The quantitative estimate of drug-likeness (QED) is 0.703. The number of carbonyl (C=O) groups excluding carboxylic acids is 2. The predicted molar refractivity (Wildman–Crippen MR) is 89.1 cm³/mol. The number of hydrogen-bond acceptors (Lipinski definition) is 3. The van der Waals surface area contributed by atoms with E-state index in [4.69, 9.17) is 5.73 Å². The number of benzene rings is 1. The molecule has 0 fully saturated rings. The van der Waals surface area contributed by atoms with Crippen molar-refractivity contribution < 1.29 is 9.59 Å². The third-order valence-electron chi connectivity index (χ3n) is 2.82. The molecule has 0 aliphatic rings. The van der Waals surface area contributed by atoms with Gasteiger partial charge in [0.05, 0.1) is 12.6 Å². The van der Waals surface area contributed by atoms with Crippen LogP contribution in [0.5, 0.6) is 0 Å². The summed E-state index contributed by atoms with van der Waals surface area (Å²) in [6, 6.07) is 7.06. The summed E-state index contributed by atoms with van der Waals surface area (Å²) in [4.78, 5) is 23.2. The first-order chi connectivity index (χ1) is 9.40. The van der Waals surface area contributed by atoms with E-state index >= 15 is 0 Å². The molecule has 0 heterocycles. The summed E-state index contributed by atoms with van der Waals surface area (Å²) >= 11 is 3.36. The van der Waals surface area contributed by atoms with Crippen molar-refractivity contribution in [1.29, 1.82) is 0 Å². The summed E-state index contributed by atoms with van der Waals surface area (Å²) in [6.45, 7) is 4.08. The average Bonchev–Trinajstić information content (AvgIpc) is 2.41. The first kappa shape index (κ1) is 19.9. The minimum Gasteiger partial charge on any atom is -0.350 e. The fourth-order valence-corrected chi connectivity index (χ4v) is 1.94. The van der Waals surface area contributed by atoms with Crippen molar-refractivity contribution in [3.8, 4) is 0 Å². The Bertz CT molecular complexity index is 483. The molecule has 2 amide bonds. The second-order valence-corrected chi connectivity index (χ2v) is 5.81. The molecule has 0 aliphatic heterocycles. The number of rotatable bonds is 6. The summed E-state index contributed by atoms with van der Waals surface area (Å²) in [5.41, 5.74) is 6.66. The summed E-state index contributed by atoms with van der Waals surface area (Å²) in [6.07, 6.45) is 0. The van der Waals surface area contributed by atoms with Gasteiger partial charge in [0.15, 0.2) is 0 Å². The van der Waals surface area contributed by atoms with Crippen LogP contribution in [0.15, 0.2) is 28.7 Å². The van der Waals surface area contributed by atoms with Crippen LogP contribution in [0.1, 0.15) is 19.4 Å². The van der Waals surface area contributed by atoms with Crippen molar-refractivity contribution in [1.82, 2.24) is 10.6 Å². The highest BCUT2D eigenvalue weighted by Gasteiger charge is 2.17. The Balaban J connectivity index is 0.00000400. The third kappa shape index (κ3) is 7.45. The van der Waals surface area contributed by atoms with Crippen LogP contribution < -0.4 is 16.4 Å². The maximum atomic E-state index is 11.6. The monoisotopic (exact) mass is 377 g/mol. The highest BCUT2D eigenvalue weighted by atomic mass is 79.9. The van der Waals surface area contributed by atoms with Gasteiger partial charge in [0.1, 0.15) is 0 Å². The Morgan fingerprint density at radius 3 is 2.52 bits per heavy atom. The smallest absolute Gasteiger partial charge is 0.239 e. The van der Waals surface area contributed by atoms with Crippen molar-refractivity contribution in [2.75, 3.05) is 6.54 Å². The zero-order valence-electron chi connectivity index (χ0n) is 12.1. The lowest BCUT2D eigenvalue weighted by Gasteiger charge is -2.15. The van der Waals surface area contributed by atoms with Crippen LogP contribution in [-0.2, 0) is 16.1 Å². The zero-order valence-corrected chi connectivity index (χ0v) is 14.5. The van der Waals surface area contributed by atoms with Crippen LogP contribution in [0, 0.1) is 5.92 Å². The molecule has 0 aliphatic carbocycles. The van der Waals surface area contributed by atoms with E-state index in [0.717, 1.165) is 10.0 Å². The van der Waals surface area contributed by atoms with Crippen LogP contribution in [0.4, 0.5) is 0 Å². The van der Waals surface area contributed by atoms with E-state index in [2.05, 4.69) is 26.6 Å². The molecule has 1 atom stereocenters. The molecule has 5 nitrogen and oxygen atoms in total. The maximum absolute atomic E-state index is 11.6. The largest absolute Gasteiger partial charge is 0.350 e. The topological polar surface area (TPSA) is 84.2 Å². The molecule has 0 saturated heterocycles. The lowest BCUT2D eigenvalue weighted by atomic mass is 10.1. The van der Waals surface area contributed by atoms with E-state index in [0.29, 0.717) is 6.54 Å². The molecule has 1 aromatic rings. The number of halogens is 2. The second kappa shape index (κ2) is 9.76. The van der Waals surface area contributed by atoms with Crippen LogP contribution in [0.3, 0.4) is 0 Å². The summed E-state index contributed by atoms with van der Waals surface area (Å²) in [5, 5.41) is 5.26. The first-order valence-electron chi connectivity index (χ1n) is 6.44. The SMILES string of the molecule is CC(C)[C@H](N)C(=O)NCC(=O)NCc1cccc(Br)c1.Cl. The molecule has 21 heavy (non-hydrogen) atoms. The Hall–Kier alpha value is -1.11. The van der Waals surface area contributed by atoms with Crippen LogP contribution >= 0.6 is 28.3 Å². The maximum Gasteiger partial charge on any atom is 0.239 e. The standard InChI is InChI=1S/C14H20BrN3O2.ClH/c1-9(2)13(16)14(20)18-8-12(19)17-7-10-4-3-5-11(15)6-10;/h3-6,9,13H,7-8,16H2,1-2H3,(H,17,19)(H,18,20);1H/t13-;/m0./s1. The molecule has 4 N–H and O–H groups in total. The Kier molecular flexibility index (Phi) is 9.24. The summed E-state index contributed by atoms with van der Waals surface area (Å²) < 4.78 is 0.959. The van der Waals surface area contributed by atoms with Gasteiger partial charge >= 0.3 is 0 Å². The fraction of sp³-hybridized carbons (Fsp3) is 0.429. The summed E-state index contributed by atoms with van der Waals surface area (Å²) in [5.74, 6) is -0.508. The van der Waals surface area contributed by atoms with E-state index in [1.54, 1.807) is 0 Å². The molecule has 0 unspecified atom stereocenters. The number of nitrogens with two attached hydrogens (primary N) is 1. The molecule has 7 heteroatoms. The number of nitrogens with one attached hydrogen (secondary N) is 2. The Labute approximate surface area is 139 Å². The molecule has 0 saturated carbocycles. The van der Waals surface area contributed by atoms with Crippen LogP contribution in [0.25, 0.3) is 0 Å². The van der Waals surface area contributed by atoms with E-state index in [1.165, 1.54) is 0 Å². The van der Waals surface area contributed by atoms with Gasteiger partial charge in [-0.25, -0.2) is 0 Å². The number of amides is 2. The fourth-order valence-electron chi connectivity index (χ4n) is 1.50. The van der Waals surface area contributed by atoms with Crippen molar-refractivity contribution >= 4 is 40.2 Å². The molecular formula is C14H21BrClN3O2. The minimum absolute atomic E-state index is 0. The van der Waals surface area contributed by atoms with E-state index in [-0.39, 0.29) is 36.7 Å². The highest BCUT2D eigenvalue weighted by molar-refractivity contribution is 9.10. The van der Waals surface area contributed by atoms with Gasteiger partial charge in [-0.05, 0) is 23.6 Å². The Morgan fingerprint density at radius 2 is 1.95 bits per heavy atom. The van der Waals surface area contributed by atoms with Crippen molar-refractivity contribution in [3.05, 3.63) is 34.3 Å². The molecule has 1 rings (SSSR count). The van der Waals surface area contributed by atoms with Crippen molar-refractivity contribution in [3.63, 3.8) is 0 Å². The molecule has 0 bridgehead atoms. The molecule has 0 aromatic heterocycles. The molecule has 0 spiro atoms. The van der Waals surface area contributed by atoms with Gasteiger partial charge in [-0.15, -0.1) is 12.4 Å². The zero-order chi connectivity index (χ0) is 15.1. The van der Waals surface area contributed by atoms with Gasteiger partial charge < -0.3 is 16.4 Å². The normalized spacial score (nSPS) is 11.5. The molecule has 118 valence electrons. The van der Waals surface area contributed by atoms with Crippen LogP contribution in [0.2, 0.25) is 0 Å². The van der Waals surface area contributed by atoms with Crippen LogP contribution in [-0.4, -0.2) is 24.4 Å². The van der Waals surface area contributed by atoms with E-state index < -0.39 is 6.04 Å². The lowest BCUT2D eigenvalue weighted by molar-refractivity contribution is -0.127. The minimum atomic E-state index is -0.590.